The molecule has 23 heavy (non-hydrogen) atoms. The summed E-state index contributed by atoms with van der Waals surface area (Å²) in [4.78, 5) is 25.1. The molecule has 1 atom stereocenters. The molecule has 2 aromatic rings. The number of rotatable bonds is 7. The average molecular weight is 312 g/mol. The highest BCUT2D eigenvalue weighted by Gasteiger charge is 2.20. The van der Waals surface area contributed by atoms with Crippen LogP contribution < -0.4 is 10.6 Å². The fraction of sp³-hybridized carbons (Fsp3) is 0.222. The summed E-state index contributed by atoms with van der Waals surface area (Å²) in [5.41, 5.74) is 6.55. The van der Waals surface area contributed by atoms with E-state index in [1.165, 1.54) is 4.90 Å². The average Bonchev–Trinajstić information content (AvgIpc) is 2.56. The van der Waals surface area contributed by atoms with Crippen molar-refractivity contribution in [3.63, 3.8) is 0 Å². The second-order valence-electron chi connectivity index (χ2n) is 5.23. The Balaban J connectivity index is 2.11. The molecule has 5 heteroatoms. The van der Waals surface area contributed by atoms with E-state index in [-0.39, 0.29) is 25.3 Å². The monoisotopic (exact) mass is 312 g/mol. The number of carbonyl (C=O) groups excluding carboxylic acids is 2. The van der Waals surface area contributed by atoms with Crippen molar-refractivity contribution in [2.24, 2.45) is 5.73 Å². The zero-order valence-electron chi connectivity index (χ0n) is 12.8. The van der Waals surface area contributed by atoms with Crippen molar-refractivity contribution in [3.8, 4) is 0 Å². The summed E-state index contributed by atoms with van der Waals surface area (Å²) in [5.74, 6) is -0.726. The largest absolute Gasteiger partial charge is 0.388 e. The quantitative estimate of drug-likeness (QED) is 0.820. The highest BCUT2D eigenvalue weighted by molar-refractivity contribution is 5.94. The molecule has 120 valence electrons. The zero-order valence-corrected chi connectivity index (χ0v) is 12.8. The predicted octanol–water partition coefficient (Wildman–Crippen LogP) is 2.02. The first-order chi connectivity index (χ1) is 11.1. The molecular formula is C18H20N2O3. The molecule has 2 amide bonds. The van der Waals surface area contributed by atoms with E-state index in [0.717, 1.165) is 0 Å². The SMILES string of the molecule is NC(=O)CCN(C(=O)CC(O)c1ccccc1)c1ccccc1. The fourth-order valence-electron chi connectivity index (χ4n) is 2.30. The van der Waals surface area contributed by atoms with E-state index >= 15 is 0 Å². The van der Waals surface area contributed by atoms with E-state index < -0.39 is 12.0 Å². The molecule has 0 aliphatic rings. The van der Waals surface area contributed by atoms with Crippen molar-refractivity contribution in [2.75, 3.05) is 11.4 Å². The number of aliphatic hydroxyl groups is 1. The summed E-state index contributed by atoms with van der Waals surface area (Å²) in [6, 6.07) is 18.1. The van der Waals surface area contributed by atoms with Crippen molar-refractivity contribution < 1.29 is 14.7 Å². The number of hydrogen-bond donors (Lipinski definition) is 2. The maximum Gasteiger partial charge on any atom is 0.229 e. The Kier molecular flexibility index (Phi) is 5.88. The molecule has 3 N–H and O–H groups in total. The van der Waals surface area contributed by atoms with Crippen LogP contribution in [0, 0.1) is 0 Å². The van der Waals surface area contributed by atoms with Gasteiger partial charge in [-0.25, -0.2) is 0 Å². The molecule has 1 unspecified atom stereocenters. The third-order valence-corrected chi connectivity index (χ3v) is 3.50. The third kappa shape index (κ3) is 4.93. The molecule has 0 heterocycles. The van der Waals surface area contributed by atoms with Gasteiger partial charge < -0.3 is 15.7 Å². The minimum absolute atomic E-state index is 0.0579. The molecule has 0 fully saturated rings. The molecule has 2 rings (SSSR count). The second-order valence-corrected chi connectivity index (χ2v) is 5.23. The lowest BCUT2D eigenvalue weighted by Crippen LogP contribution is -2.34. The van der Waals surface area contributed by atoms with Crippen molar-refractivity contribution in [1.29, 1.82) is 0 Å². The van der Waals surface area contributed by atoms with E-state index in [2.05, 4.69) is 0 Å². The van der Waals surface area contributed by atoms with E-state index in [4.69, 9.17) is 5.73 Å². The number of para-hydroxylation sites is 1. The van der Waals surface area contributed by atoms with Gasteiger partial charge in [-0.2, -0.15) is 0 Å². The maximum absolute atomic E-state index is 12.6. The smallest absolute Gasteiger partial charge is 0.229 e. The van der Waals surface area contributed by atoms with Crippen LogP contribution in [-0.2, 0) is 9.59 Å². The molecule has 0 spiro atoms. The molecule has 5 nitrogen and oxygen atoms in total. The van der Waals surface area contributed by atoms with Crippen LogP contribution in [0.4, 0.5) is 5.69 Å². The number of carbonyl (C=O) groups is 2. The predicted molar refractivity (Wildman–Crippen MR) is 88.6 cm³/mol. The first kappa shape index (κ1) is 16.7. The van der Waals surface area contributed by atoms with Gasteiger partial charge in [-0.05, 0) is 17.7 Å². The number of anilines is 1. The van der Waals surface area contributed by atoms with Crippen LogP contribution in [0.1, 0.15) is 24.5 Å². The van der Waals surface area contributed by atoms with E-state index in [1.807, 2.05) is 36.4 Å². The summed E-state index contributed by atoms with van der Waals surface area (Å²) >= 11 is 0. The summed E-state index contributed by atoms with van der Waals surface area (Å²) in [5, 5.41) is 10.2. The van der Waals surface area contributed by atoms with Crippen molar-refractivity contribution in [2.45, 2.75) is 18.9 Å². The Hall–Kier alpha value is -2.66. The van der Waals surface area contributed by atoms with Crippen LogP contribution in [-0.4, -0.2) is 23.5 Å². The normalized spacial score (nSPS) is 11.7. The van der Waals surface area contributed by atoms with Gasteiger partial charge in [0.15, 0.2) is 0 Å². The Morgan fingerprint density at radius 3 is 2.13 bits per heavy atom. The van der Waals surface area contributed by atoms with Crippen LogP contribution in [0.25, 0.3) is 0 Å². The number of aliphatic hydroxyl groups excluding tert-OH is 1. The van der Waals surface area contributed by atoms with Gasteiger partial charge in [-0.15, -0.1) is 0 Å². The lowest BCUT2D eigenvalue weighted by molar-refractivity contribution is -0.120. The number of benzene rings is 2. The minimum Gasteiger partial charge on any atom is -0.388 e. The van der Waals surface area contributed by atoms with Crippen LogP contribution >= 0.6 is 0 Å². The number of hydrogen-bond acceptors (Lipinski definition) is 3. The van der Waals surface area contributed by atoms with Gasteiger partial charge in [0, 0.05) is 18.7 Å². The summed E-state index contributed by atoms with van der Waals surface area (Å²) in [6.07, 6.45) is -0.872. The summed E-state index contributed by atoms with van der Waals surface area (Å²) in [6.45, 7) is 0.194. The number of primary amides is 1. The van der Waals surface area contributed by atoms with Crippen molar-refractivity contribution in [1.82, 2.24) is 0 Å². The number of nitrogens with two attached hydrogens (primary N) is 1. The van der Waals surface area contributed by atoms with Gasteiger partial charge >= 0.3 is 0 Å². The van der Waals surface area contributed by atoms with Gasteiger partial charge in [-0.3, -0.25) is 9.59 Å². The van der Waals surface area contributed by atoms with Gasteiger partial charge in [0.2, 0.25) is 11.8 Å². The first-order valence-electron chi connectivity index (χ1n) is 7.44. The first-order valence-corrected chi connectivity index (χ1v) is 7.44. The van der Waals surface area contributed by atoms with Gasteiger partial charge in [-0.1, -0.05) is 48.5 Å². The Morgan fingerprint density at radius 1 is 1.00 bits per heavy atom. The van der Waals surface area contributed by atoms with Crippen LogP contribution in [0.2, 0.25) is 0 Å². The molecule has 0 saturated carbocycles. The molecule has 0 saturated heterocycles. The number of nitrogens with zero attached hydrogens (tertiary/aromatic N) is 1. The van der Waals surface area contributed by atoms with E-state index in [0.29, 0.717) is 11.3 Å². The second kappa shape index (κ2) is 8.10. The molecule has 0 bridgehead atoms. The molecule has 2 aromatic carbocycles. The van der Waals surface area contributed by atoms with E-state index in [1.54, 1.807) is 24.3 Å². The highest BCUT2D eigenvalue weighted by Crippen LogP contribution is 2.21. The Morgan fingerprint density at radius 2 is 1.57 bits per heavy atom. The van der Waals surface area contributed by atoms with E-state index in [9.17, 15) is 14.7 Å². The number of amides is 2. The van der Waals surface area contributed by atoms with Gasteiger partial charge in [0.25, 0.3) is 0 Å². The minimum atomic E-state index is -0.886. The van der Waals surface area contributed by atoms with Gasteiger partial charge in [0.05, 0.1) is 12.5 Å². The van der Waals surface area contributed by atoms with Crippen LogP contribution in [0.15, 0.2) is 60.7 Å². The summed E-state index contributed by atoms with van der Waals surface area (Å²) < 4.78 is 0. The summed E-state index contributed by atoms with van der Waals surface area (Å²) in [7, 11) is 0. The molecule has 0 radical (unpaired) electrons. The third-order valence-electron chi connectivity index (χ3n) is 3.50. The molecule has 0 aliphatic carbocycles. The van der Waals surface area contributed by atoms with Gasteiger partial charge in [0.1, 0.15) is 0 Å². The Bertz CT molecular complexity index is 644. The zero-order chi connectivity index (χ0) is 16.7. The maximum atomic E-state index is 12.6. The molecular weight excluding hydrogens is 292 g/mol. The molecule has 0 aromatic heterocycles. The van der Waals surface area contributed by atoms with Crippen molar-refractivity contribution in [3.05, 3.63) is 66.2 Å². The van der Waals surface area contributed by atoms with Crippen LogP contribution in [0.3, 0.4) is 0 Å². The Labute approximate surface area is 135 Å². The topological polar surface area (TPSA) is 83.6 Å². The molecule has 0 aliphatic heterocycles. The standard InChI is InChI=1S/C18H20N2O3/c19-17(22)11-12-20(15-9-5-2-6-10-15)18(23)13-16(21)14-7-3-1-4-8-14/h1-10,16,21H,11-13H2,(H2,19,22). The lowest BCUT2D eigenvalue weighted by Gasteiger charge is -2.23. The van der Waals surface area contributed by atoms with Crippen LogP contribution in [0.5, 0.6) is 0 Å². The lowest BCUT2D eigenvalue weighted by atomic mass is 10.1. The fourth-order valence-corrected chi connectivity index (χ4v) is 2.30. The highest BCUT2D eigenvalue weighted by atomic mass is 16.3. The van der Waals surface area contributed by atoms with Crippen molar-refractivity contribution >= 4 is 17.5 Å².